The van der Waals surface area contributed by atoms with Gasteiger partial charge in [-0.3, -0.25) is 4.79 Å². The Morgan fingerprint density at radius 2 is 1.89 bits per heavy atom. The summed E-state index contributed by atoms with van der Waals surface area (Å²) in [5.41, 5.74) is 0.449. The Balaban J connectivity index is 2.01. The molecule has 3 nitrogen and oxygen atoms in total. The number of para-hydroxylation sites is 2. The van der Waals surface area contributed by atoms with Crippen molar-refractivity contribution in [3.8, 4) is 5.75 Å². The largest absolute Gasteiger partial charge is 0.484 e. The van der Waals surface area contributed by atoms with E-state index >= 15 is 0 Å². The average molecular weight is 245 g/mol. The Morgan fingerprint density at radius 1 is 1.22 bits per heavy atom. The number of hydrogen-bond acceptors (Lipinski definition) is 2. The zero-order valence-electron chi connectivity index (χ0n) is 11.2. The van der Waals surface area contributed by atoms with Crippen molar-refractivity contribution in [2.45, 2.75) is 39.2 Å². The smallest absolute Gasteiger partial charge is 0.233 e. The molecule has 1 saturated carbocycles. The maximum Gasteiger partial charge on any atom is 0.233 e. The number of fused-ring (bicyclic) bond motifs is 1. The lowest BCUT2D eigenvalue weighted by molar-refractivity contribution is -0.124. The molecule has 0 spiro atoms. The fraction of sp³-hybridized carbons (Fsp3) is 0.533. The summed E-state index contributed by atoms with van der Waals surface area (Å²) in [4.78, 5) is 14.5. The summed E-state index contributed by atoms with van der Waals surface area (Å²) in [5.74, 6) is 1.05. The summed E-state index contributed by atoms with van der Waals surface area (Å²) in [5, 5.41) is 0. The van der Waals surface area contributed by atoms with Crippen LogP contribution in [0.3, 0.4) is 0 Å². The molecule has 0 N–H and O–H groups in total. The summed E-state index contributed by atoms with van der Waals surface area (Å²) in [6, 6.07) is 7.80. The lowest BCUT2D eigenvalue weighted by Crippen LogP contribution is -2.51. The Labute approximate surface area is 108 Å². The van der Waals surface area contributed by atoms with Crippen LogP contribution < -0.4 is 9.64 Å². The average Bonchev–Trinajstić information content (AvgIpc) is 3.05. The molecule has 0 saturated heterocycles. The number of nitrogens with zero attached hydrogens (tertiary/aromatic N) is 1. The van der Waals surface area contributed by atoms with Crippen molar-refractivity contribution in [2.75, 3.05) is 11.4 Å². The molecule has 0 radical (unpaired) electrons. The molecule has 3 rings (SSSR count). The predicted octanol–water partition coefficient (Wildman–Crippen LogP) is 2.99. The van der Waals surface area contributed by atoms with Crippen LogP contribution in [0.2, 0.25) is 0 Å². The third-order valence-electron chi connectivity index (χ3n) is 3.84. The zero-order valence-corrected chi connectivity index (χ0v) is 11.2. The Kier molecular flexibility index (Phi) is 2.25. The van der Waals surface area contributed by atoms with Gasteiger partial charge in [0.1, 0.15) is 11.4 Å². The van der Waals surface area contributed by atoms with Crippen LogP contribution in [0, 0.1) is 5.41 Å². The molecule has 0 bridgehead atoms. The molecule has 1 amide bonds. The van der Waals surface area contributed by atoms with Gasteiger partial charge in [-0.25, -0.2) is 0 Å². The lowest BCUT2D eigenvalue weighted by Gasteiger charge is -2.40. The minimum atomic E-state index is -0.324. The first-order chi connectivity index (χ1) is 8.41. The number of rotatable bonds is 1. The number of amides is 1. The zero-order chi connectivity index (χ0) is 13.0. The number of anilines is 1. The molecule has 2 aliphatic rings. The van der Waals surface area contributed by atoms with E-state index in [1.165, 1.54) is 0 Å². The van der Waals surface area contributed by atoms with Crippen LogP contribution in [0.25, 0.3) is 0 Å². The predicted molar refractivity (Wildman–Crippen MR) is 70.8 cm³/mol. The van der Waals surface area contributed by atoms with Crippen molar-refractivity contribution >= 4 is 11.6 Å². The fourth-order valence-corrected chi connectivity index (χ4v) is 2.47. The SMILES string of the molecule is CC1(C)CN(C(=O)C2(C)CC2)c2ccccc2O1. The van der Waals surface area contributed by atoms with Crippen LogP contribution in [0.1, 0.15) is 33.6 Å². The second-order valence-corrected chi connectivity index (χ2v) is 6.28. The van der Waals surface area contributed by atoms with Gasteiger partial charge in [0.05, 0.1) is 12.2 Å². The van der Waals surface area contributed by atoms with Gasteiger partial charge >= 0.3 is 0 Å². The van der Waals surface area contributed by atoms with E-state index in [9.17, 15) is 4.79 Å². The molecular formula is C15H19NO2. The van der Waals surface area contributed by atoms with Crippen LogP contribution >= 0.6 is 0 Å². The van der Waals surface area contributed by atoms with Gasteiger partial charge in [0.15, 0.2) is 0 Å². The number of benzene rings is 1. The molecule has 1 heterocycles. The lowest BCUT2D eigenvalue weighted by atomic mass is 10.0. The Hall–Kier alpha value is -1.51. The Morgan fingerprint density at radius 3 is 2.56 bits per heavy atom. The van der Waals surface area contributed by atoms with Gasteiger partial charge < -0.3 is 9.64 Å². The highest BCUT2D eigenvalue weighted by Gasteiger charge is 2.49. The maximum atomic E-state index is 12.6. The van der Waals surface area contributed by atoms with Gasteiger partial charge in [-0.1, -0.05) is 19.1 Å². The minimum absolute atomic E-state index is 0.138. The van der Waals surface area contributed by atoms with Gasteiger partial charge in [-0.2, -0.15) is 0 Å². The highest BCUT2D eigenvalue weighted by atomic mass is 16.5. The fourth-order valence-electron chi connectivity index (χ4n) is 2.47. The summed E-state index contributed by atoms with van der Waals surface area (Å²) in [6.07, 6.45) is 2.01. The van der Waals surface area contributed by atoms with Crippen molar-refractivity contribution in [3.63, 3.8) is 0 Å². The Bertz CT molecular complexity index is 503. The van der Waals surface area contributed by atoms with Gasteiger partial charge in [-0.05, 0) is 38.8 Å². The van der Waals surface area contributed by atoms with Crippen LogP contribution in [-0.4, -0.2) is 18.1 Å². The summed E-state index contributed by atoms with van der Waals surface area (Å²) in [7, 11) is 0. The minimum Gasteiger partial charge on any atom is -0.484 e. The molecule has 1 aromatic rings. The van der Waals surface area contributed by atoms with Gasteiger partial charge in [-0.15, -0.1) is 0 Å². The molecule has 1 fully saturated rings. The van der Waals surface area contributed by atoms with Crippen LogP contribution in [0.4, 0.5) is 5.69 Å². The molecule has 0 atom stereocenters. The quantitative estimate of drug-likeness (QED) is 0.761. The summed E-state index contributed by atoms with van der Waals surface area (Å²) < 4.78 is 5.94. The molecule has 0 aromatic heterocycles. The molecule has 96 valence electrons. The molecule has 1 aromatic carbocycles. The van der Waals surface area contributed by atoms with E-state index in [-0.39, 0.29) is 16.9 Å². The molecule has 18 heavy (non-hydrogen) atoms. The maximum absolute atomic E-state index is 12.6. The van der Waals surface area contributed by atoms with Crippen molar-refractivity contribution in [1.82, 2.24) is 0 Å². The highest BCUT2D eigenvalue weighted by Crippen LogP contribution is 2.49. The number of hydrogen-bond donors (Lipinski definition) is 0. The topological polar surface area (TPSA) is 29.5 Å². The van der Waals surface area contributed by atoms with Crippen molar-refractivity contribution in [3.05, 3.63) is 24.3 Å². The number of carbonyl (C=O) groups excluding carboxylic acids is 1. The second kappa shape index (κ2) is 3.50. The summed E-state index contributed by atoms with van der Waals surface area (Å²) in [6.45, 7) is 6.73. The van der Waals surface area contributed by atoms with E-state index in [0.29, 0.717) is 6.54 Å². The molecular weight excluding hydrogens is 226 g/mol. The van der Waals surface area contributed by atoms with E-state index in [0.717, 1.165) is 24.3 Å². The second-order valence-electron chi connectivity index (χ2n) is 6.28. The van der Waals surface area contributed by atoms with E-state index in [1.807, 2.05) is 43.0 Å². The molecule has 1 aliphatic heterocycles. The van der Waals surface area contributed by atoms with Gasteiger partial charge in [0, 0.05) is 5.41 Å². The molecule has 0 unspecified atom stereocenters. The van der Waals surface area contributed by atoms with Crippen LogP contribution in [0.5, 0.6) is 5.75 Å². The van der Waals surface area contributed by atoms with E-state index in [4.69, 9.17) is 4.74 Å². The number of carbonyl (C=O) groups is 1. The number of ether oxygens (including phenoxy) is 1. The first-order valence-electron chi connectivity index (χ1n) is 6.51. The highest BCUT2D eigenvalue weighted by molar-refractivity contribution is 6.00. The van der Waals surface area contributed by atoms with E-state index in [1.54, 1.807) is 0 Å². The van der Waals surface area contributed by atoms with Crippen molar-refractivity contribution in [1.29, 1.82) is 0 Å². The van der Waals surface area contributed by atoms with Gasteiger partial charge in [0.2, 0.25) is 5.91 Å². The molecule has 3 heteroatoms. The molecule has 1 aliphatic carbocycles. The normalized spacial score (nSPS) is 22.9. The van der Waals surface area contributed by atoms with Gasteiger partial charge in [0.25, 0.3) is 0 Å². The van der Waals surface area contributed by atoms with E-state index in [2.05, 4.69) is 6.92 Å². The summed E-state index contributed by atoms with van der Waals surface area (Å²) >= 11 is 0. The third-order valence-corrected chi connectivity index (χ3v) is 3.84. The first kappa shape index (κ1) is 11.6. The van der Waals surface area contributed by atoms with Crippen LogP contribution in [-0.2, 0) is 4.79 Å². The van der Waals surface area contributed by atoms with Crippen molar-refractivity contribution in [2.24, 2.45) is 5.41 Å². The monoisotopic (exact) mass is 245 g/mol. The van der Waals surface area contributed by atoms with Crippen molar-refractivity contribution < 1.29 is 9.53 Å². The van der Waals surface area contributed by atoms with Crippen LogP contribution in [0.15, 0.2) is 24.3 Å². The first-order valence-corrected chi connectivity index (χ1v) is 6.51. The standard InChI is InChI=1S/C15H19NO2/c1-14(2)10-16(13(17)15(3)8-9-15)11-6-4-5-7-12(11)18-14/h4-7H,8-10H2,1-3H3. The van der Waals surface area contributed by atoms with E-state index < -0.39 is 0 Å². The third kappa shape index (κ3) is 1.78.